The highest BCUT2D eigenvalue weighted by molar-refractivity contribution is 6.30. The molecule has 22 heavy (non-hydrogen) atoms. The van der Waals surface area contributed by atoms with E-state index in [0.29, 0.717) is 18.1 Å². The Labute approximate surface area is 133 Å². The van der Waals surface area contributed by atoms with Crippen LogP contribution in [-0.4, -0.2) is 56.7 Å². The van der Waals surface area contributed by atoms with Crippen molar-refractivity contribution in [1.29, 1.82) is 0 Å². The van der Waals surface area contributed by atoms with E-state index in [0.717, 1.165) is 18.9 Å². The lowest BCUT2D eigenvalue weighted by molar-refractivity contribution is -0.134. The van der Waals surface area contributed by atoms with Crippen LogP contribution in [-0.2, 0) is 4.79 Å². The highest BCUT2D eigenvalue weighted by Crippen LogP contribution is 2.17. The summed E-state index contributed by atoms with van der Waals surface area (Å²) in [6, 6.07) is 3.40. The minimum Gasteiger partial charge on any atom is -0.353 e. The van der Waals surface area contributed by atoms with Gasteiger partial charge in [-0.05, 0) is 19.1 Å². The Kier molecular flexibility index (Phi) is 4.24. The molecule has 0 bridgehead atoms. The Morgan fingerprint density at radius 1 is 1.27 bits per heavy atom. The van der Waals surface area contributed by atoms with Crippen LogP contribution in [0.5, 0.6) is 0 Å². The molecule has 2 aromatic heterocycles. The number of piperazine rings is 1. The molecule has 3 heterocycles. The Balaban J connectivity index is 1.59. The number of carbonyl (C=O) groups is 1. The van der Waals surface area contributed by atoms with Gasteiger partial charge in [0.1, 0.15) is 24.5 Å². The second-order valence-electron chi connectivity index (χ2n) is 5.20. The highest BCUT2D eigenvalue weighted by Gasteiger charge is 2.26. The van der Waals surface area contributed by atoms with Gasteiger partial charge in [-0.3, -0.25) is 4.79 Å². The van der Waals surface area contributed by atoms with E-state index in [1.54, 1.807) is 17.2 Å². The van der Waals surface area contributed by atoms with Crippen molar-refractivity contribution >= 4 is 23.3 Å². The van der Waals surface area contributed by atoms with Gasteiger partial charge in [0.2, 0.25) is 5.91 Å². The van der Waals surface area contributed by atoms with Crippen LogP contribution in [0.15, 0.2) is 31.0 Å². The molecule has 1 aliphatic rings. The molecular weight excluding hydrogens is 304 g/mol. The average Bonchev–Trinajstić information content (AvgIpc) is 3.09. The first-order valence-corrected chi connectivity index (χ1v) is 7.52. The van der Waals surface area contributed by atoms with Crippen molar-refractivity contribution < 1.29 is 4.79 Å². The maximum absolute atomic E-state index is 12.5. The third kappa shape index (κ3) is 3.04. The minimum atomic E-state index is -0.331. The second kappa shape index (κ2) is 6.31. The summed E-state index contributed by atoms with van der Waals surface area (Å²) in [5.74, 6) is 0.954. The molecule has 0 N–H and O–H groups in total. The van der Waals surface area contributed by atoms with Crippen LogP contribution in [0, 0.1) is 0 Å². The molecule has 8 heteroatoms. The Morgan fingerprint density at radius 2 is 2.05 bits per heavy atom. The van der Waals surface area contributed by atoms with E-state index in [4.69, 9.17) is 11.6 Å². The van der Waals surface area contributed by atoms with Crippen LogP contribution >= 0.6 is 11.6 Å². The van der Waals surface area contributed by atoms with Crippen LogP contribution in [0.2, 0.25) is 5.02 Å². The lowest BCUT2D eigenvalue weighted by atomic mass is 10.2. The first-order valence-electron chi connectivity index (χ1n) is 7.14. The van der Waals surface area contributed by atoms with Crippen molar-refractivity contribution in [3.8, 4) is 0 Å². The van der Waals surface area contributed by atoms with Crippen molar-refractivity contribution in [2.45, 2.75) is 13.0 Å². The second-order valence-corrected chi connectivity index (χ2v) is 5.63. The van der Waals surface area contributed by atoms with Gasteiger partial charge in [0.05, 0.1) is 5.02 Å². The summed E-state index contributed by atoms with van der Waals surface area (Å²) in [6.45, 7) is 4.68. The number of hydrogen-bond donors (Lipinski definition) is 0. The van der Waals surface area contributed by atoms with Crippen LogP contribution in [0.4, 0.5) is 5.82 Å². The zero-order chi connectivity index (χ0) is 15.5. The van der Waals surface area contributed by atoms with E-state index in [1.165, 1.54) is 6.33 Å². The van der Waals surface area contributed by atoms with Crippen LogP contribution < -0.4 is 4.90 Å². The molecule has 0 saturated carbocycles. The maximum Gasteiger partial charge on any atom is 0.247 e. The summed E-state index contributed by atoms with van der Waals surface area (Å²) >= 11 is 5.85. The van der Waals surface area contributed by atoms with Crippen molar-refractivity contribution in [1.82, 2.24) is 24.6 Å². The van der Waals surface area contributed by atoms with Gasteiger partial charge in [-0.15, -0.1) is 0 Å². The highest BCUT2D eigenvalue weighted by atomic mass is 35.5. The molecule has 1 aliphatic heterocycles. The fraction of sp³-hybridized carbons (Fsp3) is 0.429. The van der Waals surface area contributed by atoms with Gasteiger partial charge < -0.3 is 9.80 Å². The first-order chi connectivity index (χ1) is 10.6. The smallest absolute Gasteiger partial charge is 0.247 e. The molecule has 3 rings (SSSR count). The van der Waals surface area contributed by atoms with E-state index in [-0.39, 0.29) is 11.9 Å². The molecule has 1 saturated heterocycles. The van der Waals surface area contributed by atoms with Gasteiger partial charge in [-0.25, -0.2) is 14.6 Å². The summed E-state index contributed by atoms with van der Waals surface area (Å²) in [6.07, 6.45) is 4.64. The Hall–Kier alpha value is -2.15. The summed E-state index contributed by atoms with van der Waals surface area (Å²) in [4.78, 5) is 24.7. The van der Waals surface area contributed by atoms with Crippen molar-refractivity contribution in [3.05, 3.63) is 36.0 Å². The van der Waals surface area contributed by atoms with Gasteiger partial charge in [0, 0.05) is 32.4 Å². The standard InChI is InChI=1S/C14H17ClN6O/c1-11(21-10-16-9-18-21)14(22)20-6-4-19(5-7-20)13-3-2-12(15)8-17-13/h2-3,8-11H,4-7H2,1H3. The minimum absolute atomic E-state index is 0.0641. The van der Waals surface area contributed by atoms with Gasteiger partial charge in [-0.2, -0.15) is 5.10 Å². The molecule has 2 aromatic rings. The molecule has 116 valence electrons. The number of nitrogens with zero attached hydrogens (tertiary/aromatic N) is 6. The molecule has 0 spiro atoms. The average molecular weight is 321 g/mol. The van der Waals surface area contributed by atoms with Crippen LogP contribution in [0.25, 0.3) is 0 Å². The summed E-state index contributed by atoms with van der Waals surface area (Å²) in [5, 5.41) is 4.65. The molecule has 7 nitrogen and oxygen atoms in total. The van der Waals surface area contributed by atoms with Crippen LogP contribution in [0.3, 0.4) is 0 Å². The van der Waals surface area contributed by atoms with Gasteiger partial charge in [-0.1, -0.05) is 11.6 Å². The number of pyridine rings is 1. The molecule has 1 atom stereocenters. The lowest BCUT2D eigenvalue weighted by Gasteiger charge is -2.36. The molecule has 0 aliphatic carbocycles. The third-order valence-electron chi connectivity index (χ3n) is 3.82. The number of amides is 1. The van der Waals surface area contributed by atoms with E-state index in [2.05, 4.69) is 20.0 Å². The van der Waals surface area contributed by atoms with Crippen molar-refractivity contribution in [3.63, 3.8) is 0 Å². The molecular formula is C14H17ClN6O. The van der Waals surface area contributed by atoms with Gasteiger partial charge in [0.15, 0.2) is 0 Å². The SMILES string of the molecule is CC(C(=O)N1CCN(c2ccc(Cl)cn2)CC1)n1cncn1. The Bertz CT molecular complexity index is 621. The number of hydrogen-bond acceptors (Lipinski definition) is 5. The van der Waals surface area contributed by atoms with Crippen LogP contribution in [0.1, 0.15) is 13.0 Å². The number of rotatable bonds is 3. The molecule has 1 amide bonds. The quantitative estimate of drug-likeness (QED) is 0.851. The Morgan fingerprint density at radius 3 is 2.64 bits per heavy atom. The maximum atomic E-state index is 12.5. The molecule has 1 unspecified atom stereocenters. The third-order valence-corrected chi connectivity index (χ3v) is 4.04. The lowest BCUT2D eigenvalue weighted by Crippen LogP contribution is -2.50. The number of aromatic nitrogens is 4. The zero-order valence-electron chi connectivity index (χ0n) is 12.3. The van der Waals surface area contributed by atoms with Crippen molar-refractivity contribution in [2.75, 3.05) is 31.1 Å². The summed E-state index contributed by atoms with van der Waals surface area (Å²) < 4.78 is 1.58. The molecule has 0 radical (unpaired) electrons. The largest absolute Gasteiger partial charge is 0.353 e. The first kappa shape index (κ1) is 14.8. The van der Waals surface area contributed by atoms with Gasteiger partial charge in [0.25, 0.3) is 0 Å². The van der Waals surface area contributed by atoms with E-state index >= 15 is 0 Å². The van der Waals surface area contributed by atoms with E-state index in [1.807, 2.05) is 24.0 Å². The fourth-order valence-electron chi connectivity index (χ4n) is 2.51. The molecule has 1 fully saturated rings. The normalized spacial score (nSPS) is 16.6. The predicted molar refractivity (Wildman–Crippen MR) is 82.8 cm³/mol. The predicted octanol–water partition coefficient (Wildman–Crippen LogP) is 1.24. The number of carbonyl (C=O) groups excluding carboxylic acids is 1. The number of anilines is 1. The van der Waals surface area contributed by atoms with Gasteiger partial charge >= 0.3 is 0 Å². The van der Waals surface area contributed by atoms with E-state index in [9.17, 15) is 4.79 Å². The zero-order valence-corrected chi connectivity index (χ0v) is 13.0. The number of halogens is 1. The fourth-order valence-corrected chi connectivity index (χ4v) is 2.62. The monoisotopic (exact) mass is 320 g/mol. The van der Waals surface area contributed by atoms with Crippen molar-refractivity contribution in [2.24, 2.45) is 0 Å². The van der Waals surface area contributed by atoms with E-state index < -0.39 is 0 Å². The topological polar surface area (TPSA) is 67.2 Å². The molecule has 0 aromatic carbocycles. The summed E-state index contributed by atoms with van der Waals surface area (Å²) in [7, 11) is 0. The summed E-state index contributed by atoms with van der Waals surface area (Å²) in [5.41, 5.74) is 0.